The number of fused-ring (bicyclic) bond motifs is 2. The van der Waals surface area contributed by atoms with Crippen molar-refractivity contribution in [3.8, 4) is 0 Å². The van der Waals surface area contributed by atoms with Gasteiger partial charge in [0.2, 0.25) is 5.91 Å². The summed E-state index contributed by atoms with van der Waals surface area (Å²) in [5, 5.41) is 0. The first-order valence-electron chi connectivity index (χ1n) is 10.3. The summed E-state index contributed by atoms with van der Waals surface area (Å²) >= 11 is 1.40. The summed E-state index contributed by atoms with van der Waals surface area (Å²) in [4.78, 5) is 29.2. The topological polar surface area (TPSA) is 40.6 Å². The Hall–Kier alpha value is -2.41. The van der Waals surface area contributed by atoms with Gasteiger partial charge >= 0.3 is 0 Å². The number of nitrogens with zero attached hydrogens (tertiary/aromatic N) is 2. The Morgan fingerprint density at radius 1 is 1.10 bits per heavy atom. The SMILES string of the molecule is O=C(C1CCCC1)N1CCSC12C(=O)N(Cc1cccc(F)c1)c1ccc(F)cc12. The predicted octanol–water partition coefficient (Wildman–Crippen LogP) is 4.43. The smallest absolute Gasteiger partial charge is 0.268 e. The number of hydrogen-bond acceptors (Lipinski definition) is 3. The van der Waals surface area contributed by atoms with E-state index in [0.717, 1.165) is 25.7 Å². The van der Waals surface area contributed by atoms with E-state index in [4.69, 9.17) is 0 Å². The Morgan fingerprint density at radius 3 is 2.63 bits per heavy atom. The van der Waals surface area contributed by atoms with Crippen LogP contribution in [-0.4, -0.2) is 29.0 Å². The number of hydrogen-bond donors (Lipinski definition) is 0. The maximum atomic E-state index is 14.3. The largest absolute Gasteiger partial charge is 0.315 e. The molecule has 1 saturated carbocycles. The first-order chi connectivity index (χ1) is 14.5. The van der Waals surface area contributed by atoms with Gasteiger partial charge in [0, 0.05) is 23.8 Å². The molecule has 2 aromatic rings. The van der Waals surface area contributed by atoms with Crippen LogP contribution in [0, 0.1) is 17.6 Å². The summed E-state index contributed by atoms with van der Waals surface area (Å²) in [6.45, 7) is 0.637. The molecule has 2 aliphatic heterocycles. The van der Waals surface area contributed by atoms with E-state index in [1.54, 1.807) is 28.0 Å². The zero-order chi connectivity index (χ0) is 20.9. The Bertz CT molecular complexity index is 1020. The highest BCUT2D eigenvalue weighted by atomic mass is 32.2. The Kier molecular flexibility index (Phi) is 4.81. The van der Waals surface area contributed by atoms with E-state index >= 15 is 0 Å². The van der Waals surface area contributed by atoms with Gasteiger partial charge in [0.25, 0.3) is 5.91 Å². The van der Waals surface area contributed by atoms with Crippen LogP contribution in [0.15, 0.2) is 42.5 Å². The lowest BCUT2D eigenvalue weighted by Gasteiger charge is -2.34. The number of thioether (sulfide) groups is 1. The number of benzene rings is 2. The lowest BCUT2D eigenvalue weighted by atomic mass is 10.0. The average Bonchev–Trinajstić information content (AvgIpc) is 3.45. The van der Waals surface area contributed by atoms with Crippen molar-refractivity contribution >= 4 is 29.3 Å². The monoisotopic (exact) mass is 428 g/mol. The minimum absolute atomic E-state index is 0.00586. The molecule has 1 spiro atoms. The van der Waals surface area contributed by atoms with E-state index in [1.165, 1.54) is 36.0 Å². The zero-order valence-electron chi connectivity index (χ0n) is 16.4. The third-order valence-electron chi connectivity index (χ3n) is 6.36. The van der Waals surface area contributed by atoms with E-state index in [2.05, 4.69) is 0 Å². The molecule has 1 unspecified atom stereocenters. The van der Waals surface area contributed by atoms with Crippen LogP contribution in [0.3, 0.4) is 0 Å². The van der Waals surface area contributed by atoms with E-state index in [0.29, 0.717) is 29.1 Å². The molecule has 2 amide bonds. The molecule has 0 bridgehead atoms. The Labute approximate surface area is 178 Å². The second-order valence-electron chi connectivity index (χ2n) is 8.15. The number of carbonyl (C=O) groups excluding carboxylic acids is 2. The molecule has 1 aliphatic carbocycles. The summed E-state index contributed by atoms with van der Waals surface area (Å²) in [6, 6.07) is 10.4. The van der Waals surface area contributed by atoms with Gasteiger partial charge in [-0.25, -0.2) is 8.78 Å². The summed E-state index contributed by atoms with van der Waals surface area (Å²) in [5.41, 5.74) is 1.76. The summed E-state index contributed by atoms with van der Waals surface area (Å²) < 4.78 is 28.0. The summed E-state index contributed by atoms with van der Waals surface area (Å²) in [6.07, 6.45) is 3.73. The van der Waals surface area contributed by atoms with Crippen LogP contribution in [-0.2, 0) is 21.0 Å². The van der Waals surface area contributed by atoms with Crippen LogP contribution in [0.5, 0.6) is 0 Å². The van der Waals surface area contributed by atoms with Crippen molar-refractivity contribution in [1.29, 1.82) is 0 Å². The second kappa shape index (κ2) is 7.38. The van der Waals surface area contributed by atoms with Gasteiger partial charge in [0.15, 0.2) is 4.87 Å². The van der Waals surface area contributed by atoms with Gasteiger partial charge < -0.3 is 9.80 Å². The predicted molar refractivity (Wildman–Crippen MR) is 112 cm³/mol. The molecule has 2 aromatic carbocycles. The van der Waals surface area contributed by atoms with E-state index in [1.807, 2.05) is 0 Å². The third kappa shape index (κ3) is 2.94. The van der Waals surface area contributed by atoms with Crippen LogP contribution < -0.4 is 4.90 Å². The number of halogens is 2. The molecule has 2 fully saturated rings. The Balaban J connectivity index is 1.57. The highest BCUT2D eigenvalue weighted by molar-refractivity contribution is 8.01. The molecular formula is C23H22F2N2O2S. The molecule has 156 valence electrons. The number of carbonyl (C=O) groups is 2. The van der Waals surface area contributed by atoms with Crippen molar-refractivity contribution in [2.45, 2.75) is 37.1 Å². The summed E-state index contributed by atoms with van der Waals surface area (Å²) in [5.74, 6) is -0.512. The molecule has 4 nitrogen and oxygen atoms in total. The van der Waals surface area contributed by atoms with Crippen molar-refractivity contribution in [3.63, 3.8) is 0 Å². The molecular weight excluding hydrogens is 406 g/mol. The zero-order valence-corrected chi connectivity index (χ0v) is 17.3. The molecule has 30 heavy (non-hydrogen) atoms. The molecule has 7 heteroatoms. The van der Waals surface area contributed by atoms with E-state index in [9.17, 15) is 18.4 Å². The van der Waals surface area contributed by atoms with Gasteiger partial charge in [0.1, 0.15) is 11.6 Å². The fourth-order valence-electron chi connectivity index (χ4n) is 4.98. The van der Waals surface area contributed by atoms with E-state index < -0.39 is 10.7 Å². The molecule has 3 aliphatic rings. The lowest BCUT2D eigenvalue weighted by molar-refractivity contribution is -0.143. The maximum Gasteiger partial charge on any atom is 0.268 e. The summed E-state index contributed by atoms with van der Waals surface area (Å²) in [7, 11) is 0. The van der Waals surface area contributed by atoms with Crippen LogP contribution in [0.4, 0.5) is 14.5 Å². The molecule has 0 radical (unpaired) electrons. The van der Waals surface area contributed by atoms with Crippen LogP contribution in [0.2, 0.25) is 0 Å². The molecule has 0 N–H and O–H groups in total. The molecule has 1 saturated heterocycles. The van der Waals surface area contributed by atoms with Gasteiger partial charge in [-0.3, -0.25) is 9.59 Å². The number of amides is 2. The number of anilines is 1. The van der Waals surface area contributed by atoms with Gasteiger partial charge in [-0.15, -0.1) is 11.8 Å². The van der Waals surface area contributed by atoms with Crippen LogP contribution in [0.25, 0.3) is 0 Å². The van der Waals surface area contributed by atoms with Crippen LogP contribution >= 0.6 is 11.8 Å². The fourth-order valence-corrected chi connectivity index (χ4v) is 6.44. The minimum atomic E-state index is -1.23. The maximum absolute atomic E-state index is 14.3. The van der Waals surface area contributed by atoms with Crippen molar-refractivity contribution in [2.75, 3.05) is 17.2 Å². The lowest BCUT2D eigenvalue weighted by Crippen LogP contribution is -2.51. The number of rotatable bonds is 3. The molecule has 2 heterocycles. The highest BCUT2D eigenvalue weighted by Crippen LogP contribution is 2.55. The highest BCUT2D eigenvalue weighted by Gasteiger charge is 2.60. The van der Waals surface area contributed by atoms with Crippen molar-refractivity contribution in [1.82, 2.24) is 4.90 Å². The van der Waals surface area contributed by atoms with Gasteiger partial charge in [-0.2, -0.15) is 0 Å². The molecule has 0 aromatic heterocycles. The van der Waals surface area contributed by atoms with Crippen molar-refractivity contribution < 1.29 is 18.4 Å². The first kappa shape index (κ1) is 19.5. The second-order valence-corrected chi connectivity index (χ2v) is 9.43. The molecule has 1 atom stereocenters. The standard InChI is InChI=1S/C23H22F2N2O2S/c24-17-7-3-4-15(12-17)14-26-20-9-8-18(25)13-19(20)23(22(26)29)27(10-11-30-23)21(28)16-5-1-2-6-16/h3-4,7-9,12-13,16H,1-2,5-6,10-11,14H2. The van der Waals surface area contributed by atoms with Gasteiger partial charge in [-0.1, -0.05) is 25.0 Å². The van der Waals surface area contributed by atoms with Crippen LogP contribution in [0.1, 0.15) is 36.8 Å². The van der Waals surface area contributed by atoms with Crippen molar-refractivity contribution in [3.05, 3.63) is 65.2 Å². The fraction of sp³-hybridized carbons (Fsp3) is 0.391. The minimum Gasteiger partial charge on any atom is -0.315 e. The third-order valence-corrected chi connectivity index (χ3v) is 7.78. The average molecular weight is 429 g/mol. The van der Waals surface area contributed by atoms with Gasteiger partial charge in [-0.05, 0) is 48.7 Å². The van der Waals surface area contributed by atoms with Crippen molar-refractivity contribution in [2.24, 2.45) is 5.92 Å². The normalized spacial score (nSPS) is 23.6. The first-order valence-corrected chi connectivity index (χ1v) is 11.3. The quantitative estimate of drug-likeness (QED) is 0.726. The van der Waals surface area contributed by atoms with Gasteiger partial charge in [0.05, 0.1) is 12.2 Å². The Morgan fingerprint density at radius 2 is 1.87 bits per heavy atom. The molecule has 5 rings (SSSR count). The van der Waals surface area contributed by atoms with E-state index in [-0.39, 0.29) is 30.1 Å².